The zero-order valence-electron chi connectivity index (χ0n) is 9.86. The highest BCUT2D eigenvalue weighted by Gasteiger charge is 2.20. The second-order valence-electron chi connectivity index (χ2n) is 4.38. The number of hydrogen-bond acceptors (Lipinski definition) is 3. The molecule has 0 spiro atoms. The van der Waals surface area contributed by atoms with E-state index in [0.717, 1.165) is 47.2 Å². The molecule has 0 aliphatic heterocycles. The van der Waals surface area contributed by atoms with Crippen LogP contribution in [0.1, 0.15) is 23.2 Å². The molecule has 2 aromatic rings. The lowest BCUT2D eigenvalue weighted by atomic mass is 10.0. The van der Waals surface area contributed by atoms with Gasteiger partial charge in [-0.05, 0) is 36.5 Å². The highest BCUT2D eigenvalue weighted by atomic mass is 16.5. The molecule has 3 rings (SSSR count). The molecule has 0 amide bonds. The predicted molar refractivity (Wildman–Crippen MR) is 66.2 cm³/mol. The molecule has 0 saturated heterocycles. The van der Waals surface area contributed by atoms with Gasteiger partial charge in [-0.15, -0.1) is 0 Å². The van der Waals surface area contributed by atoms with Gasteiger partial charge in [0, 0.05) is 11.1 Å². The number of aryl methyl sites for hydroxylation is 1. The van der Waals surface area contributed by atoms with E-state index in [1.165, 1.54) is 5.56 Å². The Morgan fingerprint density at radius 2 is 2.24 bits per heavy atom. The topological polar surface area (TPSA) is 42.4 Å². The summed E-state index contributed by atoms with van der Waals surface area (Å²) < 4.78 is 5.34. The molecule has 1 N–H and O–H groups in total. The van der Waals surface area contributed by atoms with E-state index in [2.05, 4.69) is 0 Å². The number of benzene rings is 1. The minimum absolute atomic E-state index is 0.0779. The molecular weight excluding hydrogens is 214 g/mol. The van der Waals surface area contributed by atoms with E-state index in [-0.39, 0.29) is 6.61 Å². The van der Waals surface area contributed by atoms with Gasteiger partial charge in [-0.2, -0.15) is 0 Å². The second kappa shape index (κ2) is 4.00. The van der Waals surface area contributed by atoms with Crippen molar-refractivity contribution in [3.8, 4) is 5.75 Å². The summed E-state index contributed by atoms with van der Waals surface area (Å²) in [6, 6.07) is 5.87. The number of fused-ring (bicyclic) bond motifs is 2. The maximum absolute atomic E-state index is 9.59. The van der Waals surface area contributed by atoms with Crippen molar-refractivity contribution >= 4 is 10.9 Å². The Labute approximate surface area is 100 Å². The molecule has 1 aromatic heterocycles. The first kappa shape index (κ1) is 10.5. The van der Waals surface area contributed by atoms with Gasteiger partial charge in [-0.3, -0.25) is 0 Å². The fraction of sp³-hybridized carbons (Fsp3) is 0.357. The standard InChI is InChI=1S/C14H15NO2/c1-17-13-7-3-5-10-11(8-16)9-4-2-6-12(9)15-14(10)13/h3,5,7,16H,2,4,6,8H2,1H3. The largest absolute Gasteiger partial charge is 0.494 e. The minimum Gasteiger partial charge on any atom is -0.494 e. The van der Waals surface area contributed by atoms with Crippen molar-refractivity contribution in [3.05, 3.63) is 35.0 Å². The van der Waals surface area contributed by atoms with Crippen molar-refractivity contribution in [2.24, 2.45) is 0 Å². The van der Waals surface area contributed by atoms with Crippen LogP contribution < -0.4 is 4.74 Å². The van der Waals surface area contributed by atoms with E-state index in [0.29, 0.717) is 0 Å². The van der Waals surface area contributed by atoms with Crippen LogP contribution in [0.15, 0.2) is 18.2 Å². The SMILES string of the molecule is COc1cccc2c(CO)c3c(nc12)CCC3. The summed E-state index contributed by atoms with van der Waals surface area (Å²) in [6.07, 6.45) is 3.18. The summed E-state index contributed by atoms with van der Waals surface area (Å²) in [5, 5.41) is 10.6. The Hall–Kier alpha value is -1.61. The maximum atomic E-state index is 9.59. The van der Waals surface area contributed by atoms with Gasteiger partial charge in [0.1, 0.15) is 11.3 Å². The molecular formula is C14H15NO2. The van der Waals surface area contributed by atoms with E-state index in [4.69, 9.17) is 9.72 Å². The molecule has 17 heavy (non-hydrogen) atoms. The van der Waals surface area contributed by atoms with Gasteiger partial charge < -0.3 is 9.84 Å². The average molecular weight is 229 g/mol. The monoisotopic (exact) mass is 229 g/mol. The molecule has 1 heterocycles. The molecule has 1 aliphatic carbocycles. The van der Waals surface area contributed by atoms with Crippen molar-refractivity contribution in [2.45, 2.75) is 25.9 Å². The normalized spacial score (nSPS) is 14.0. The molecule has 88 valence electrons. The predicted octanol–water partition coefficient (Wildman–Crippen LogP) is 2.22. The number of nitrogens with zero attached hydrogens (tertiary/aromatic N) is 1. The summed E-state index contributed by atoms with van der Waals surface area (Å²) >= 11 is 0. The van der Waals surface area contributed by atoms with E-state index >= 15 is 0 Å². The number of methoxy groups -OCH3 is 1. The summed E-state index contributed by atoms with van der Waals surface area (Å²) in [7, 11) is 1.66. The van der Waals surface area contributed by atoms with Crippen LogP contribution in [0.3, 0.4) is 0 Å². The van der Waals surface area contributed by atoms with Gasteiger partial charge in [0.05, 0.1) is 13.7 Å². The molecule has 1 aliphatic rings. The van der Waals surface area contributed by atoms with Crippen LogP contribution >= 0.6 is 0 Å². The third-order valence-corrected chi connectivity index (χ3v) is 3.50. The summed E-state index contributed by atoms with van der Waals surface area (Å²) in [6.45, 7) is 0.0779. The van der Waals surface area contributed by atoms with Crippen molar-refractivity contribution in [3.63, 3.8) is 0 Å². The number of aromatic nitrogens is 1. The second-order valence-corrected chi connectivity index (χ2v) is 4.38. The van der Waals surface area contributed by atoms with E-state index in [1.807, 2.05) is 18.2 Å². The number of ether oxygens (including phenoxy) is 1. The van der Waals surface area contributed by atoms with Crippen LogP contribution in [0, 0.1) is 0 Å². The smallest absolute Gasteiger partial charge is 0.145 e. The summed E-state index contributed by atoms with van der Waals surface area (Å²) in [4.78, 5) is 4.70. The third kappa shape index (κ3) is 1.50. The Morgan fingerprint density at radius 1 is 1.35 bits per heavy atom. The number of para-hydroxylation sites is 1. The first-order valence-electron chi connectivity index (χ1n) is 5.93. The zero-order chi connectivity index (χ0) is 11.8. The molecule has 3 heteroatoms. The zero-order valence-corrected chi connectivity index (χ0v) is 9.86. The molecule has 0 unspecified atom stereocenters. The molecule has 0 saturated carbocycles. The fourth-order valence-electron chi connectivity index (χ4n) is 2.70. The van der Waals surface area contributed by atoms with Gasteiger partial charge in [0.2, 0.25) is 0 Å². The van der Waals surface area contributed by atoms with Gasteiger partial charge >= 0.3 is 0 Å². The van der Waals surface area contributed by atoms with Crippen LogP contribution in [-0.4, -0.2) is 17.2 Å². The minimum atomic E-state index is 0.0779. The van der Waals surface area contributed by atoms with Crippen LogP contribution in [0.4, 0.5) is 0 Å². The van der Waals surface area contributed by atoms with E-state index in [9.17, 15) is 5.11 Å². The lowest BCUT2D eigenvalue weighted by Gasteiger charge is -2.12. The molecule has 3 nitrogen and oxygen atoms in total. The Bertz CT molecular complexity index is 578. The molecule has 0 bridgehead atoms. The Morgan fingerprint density at radius 3 is 3.00 bits per heavy atom. The fourth-order valence-corrected chi connectivity index (χ4v) is 2.70. The summed E-state index contributed by atoms with van der Waals surface area (Å²) in [5.41, 5.74) is 4.28. The summed E-state index contributed by atoms with van der Waals surface area (Å²) in [5.74, 6) is 0.784. The van der Waals surface area contributed by atoms with Crippen molar-refractivity contribution < 1.29 is 9.84 Å². The van der Waals surface area contributed by atoms with Gasteiger partial charge in [0.15, 0.2) is 0 Å². The van der Waals surface area contributed by atoms with Gasteiger partial charge in [-0.25, -0.2) is 4.98 Å². The van der Waals surface area contributed by atoms with Crippen LogP contribution in [0.25, 0.3) is 10.9 Å². The first-order valence-corrected chi connectivity index (χ1v) is 5.93. The van der Waals surface area contributed by atoms with E-state index < -0.39 is 0 Å². The highest BCUT2D eigenvalue weighted by Crippen LogP contribution is 2.33. The van der Waals surface area contributed by atoms with Crippen LogP contribution in [0.2, 0.25) is 0 Å². The number of rotatable bonds is 2. The lowest BCUT2D eigenvalue weighted by molar-refractivity contribution is 0.282. The first-order chi connectivity index (χ1) is 8.35. The molecule has 0 fully saturated rings. The molecule has 1 aromatic carbocycles. The van der Waals surface area contributed by atoms with E-state index in [1.54, 1.807) is 7.11 Å². The lowest BCUT2D eigenvalue weighted by Crippen LogP contribution is -2.00. The highest BCUT2D eigenvalue weighted by molar-refractivity contribution is 5.88. The Kier molecular flexibility index (Phi) is 2.48. The quantitative estimate of drug-likeness (QED) is 0.858. The average Bonchev–Trinajstić information content (AvgIpc) is 2.82. The van der Waals surface area contributed by atoms with Gasteiger partial charge in [-0.1, -0.05) is 12.1 Å². The maximum Gasteiger partial charge on any atom is 0.145 e. The number of pyridine rings is 1. The van der Waals surface area contributed by atoms with Crippen molar-refractivity contribution in [1.29, 1.82) is 0 Å². The molecule has 0 radical (unpaired) electrons. The number of aliphatic hydroxyl groups is 1. The van der Waals surface area contributed by atoms with Crippen LogP contribution in [-0.2, 0) is 19.4 Å². The van der Waals surface area contributed by atoms with Gasteiger partial charge in [0.25, 0.3) is 0 Å². The van der Waals surface area contributed by atoms with Crippen molar-refractivity contribution in [2.75, 3.05) is 7.11 Å². The number of aliphatic hydroxyl groups excluding tert-OH is 1. The third-order valence-electron chi connectivity index (χ3n) is 3.50. The van der Waals surface area contributed by atoms with Crippen LogP contribution in [0.5, 0.6) is 5.75 Å². The van der Waals surface area contributed by atoms with Crippen molar-refractivity contribution in [1.82, 2.24) is 4.98 Å². The number of hydrogen-bond donors (Lipinski definition) is 1. The Balaban J connectivity index is 2.40. The molecule has 0 atom stereocenters.